The van der Waals surface area contributed by atoms with Crippen LogP contribution in [0.25, 0.3) is 0 Å². The first-order valence-electron chi connectivity index (χ1n) is 11.6. The van der Waals surface area contributed by atoms with Gasteiger partial charge in [0.15, 0.2) is 11.5 Å². The van der Waals surface area contributed by atoms with Gasteiger partial charge in [0.05, 0.1) is 19.4 Å². The molecular formula is C24H33N3O8S2. The van der Waals surface area contributed by atoms with Crippen molar-refractivity contribution in [1.82, 2.24) is 14.7 Å². The van der Waals surface area contributed by atoms with E-state index in [0.717, 1.165) is 43.7 Å². The molecule has 0 saturated carbocycles. The second-order valence-electron chi connectivity index (χ2n) is 8.12. The highest BCUT2D eigenvalue weighted by Gasteiger charge is 2.30. The molecule has 0 spiro atoms. The summed E-state index contributed by atoms with van der Waals surface area (Å²) >= 11 is 2.84. The average Bonchev–Trinajstić information content (AvgIpc) is 3.35. The first-order valence-corrected chi connectivity index (χ1v) is 13.6. The zero-order chi connectivity index (χ0) is 27.2. The Morgan fingerprint density at radius 2 is 1.65 bits per heavy atom. The van der Waals surface area contributed by atoms with Gasteiger partial charge in [0.2, 0.25) is 11.0 Å². The van der Waals surface area contributed by atoms with Crippen LogP contribution in [0, 0.1) is 0 Å². The second-order valence-corrected chi connectivity index (χ2v) is 10.4. The summed E-state index contributed by atoms with van der Waals surface area (Å²) in [7, 11) is 3.70. The molecule has 2 aliphatic rings. The van der Waals surface area contributed by atoms with E-state index in [0.29, 0.717) is 43.3 Å². The highest BCUT2D eigenvalue weighted by Crippen LogP contribution is 2.29. The zero-order valence-electron chi connectivity index (χ0n) is 20.9. The maximum Gasteiger partial charge on any atom is 0.328 e. The van der Waals surface area contributed by atoms with E-state index in [1.54, 1.807) is 18.9 Å². The van der Waals surface area contributed by atoms with Crippen LogP contribution in [-0.2, 0) is 19.2 Å². The summed E-state index contributed by atoms with van der Waals surface area (Å²) in [6, 6.07) is 7.49. The Balaban J connectivity index is 0.000000521. The summed E-state index contributed by atoms with van der Waals surface area (Å²) in [5.41, 5.74) is 0. The molecule has 1 atom stereocenters. The Bertz CT molecular complexity index is 938. The van der Waals surface area contributed by atoms with Gasteiger partial charge in [0, 0.05) is 50.6 Å². The third-order valence-electron chi connectivity index (χ3n) is 5.43. The number of para-hydroxylation sites is 2. The van der Waals surface area contributed by atoms with Crippen molar-refractivity contribution in [2.45, 2.75) is 5.37 Å². The van der Waals surface area contributed by atoms with E-state index >= 15 is 0 Å². The summed E-state index contributed by atoms with van der Waals surface area (Å²) in [5.74, 6) is -0.0885. The highest BCUT2D eigenvalue weighted by molar-refractivity contribution is 8.14. The standard InChI is InChI=1S/C20H29N3O4S2.C4H4O4/c1-21-7-9-22(10-8-21)13-20(25)29-15-18(24)23-11-12-28-19(23)14-27-17-6-4-3-5-16(17)26-2;5-3(6)1-2-4(7)8/h3-6,19H,7-15H2,1-2H3;1-2H,(H,5,6)(H,7,8)/b;2-1-. The number of piperazine rings is 1. The molecule has 2 saturated heterocycles. The number of ether oxygens (including phenoxy) is 2. The molecule has 3 rings (SSSR count). The number of carbonyl (C=O) groups excluding carboxylic acids is 2. The molecule has 13 heteroatoms. The maximum absolute atomic E-state index is 12.7. The van der Waals surface area contributed by atoms with Gasteiger partial charge < -0.3 is 29.5 Å². The summed E-state index contributed by atoms with van der Waals surface area (Å²) in [6.45, 7) is 5.28. The number of hydrogen-bond donors (Lipinski definition) is 2. The molecule has 0 bridgehead atoms. The Kier molecular flexibility index (Phi) is 13.3. The van der Waals surface area contributed by atoms with Crippen LogP contribution >= 0.6 is 23.5 Å². The van der Waals surface area contributed by atoms with Gasteiger partial charge in [0.1, 0.15) is 12.0 Å². The fraction of sp³-hybridized carbons (Fsp3) is 0.500. The van der Waals surface area contributed by atoms with Gasteiger partial charge in [-0.15, -0.1) is 11.8 Å². The normalized spacial score (nSPS) is 18.2. The number of benzene rings is 1. The summed E-state index contributed by atoms with van der Waals surface area (Å²) in [6.07, 6.45) is 1.12. The van der Waals surface area contributed by atoms with Gasteiger partial charge in [-0.25, -0.2) is 9.59 Å². The number of amides is 1. The number of aliphatic carboxylic acids is 2. The fourth-order valence-corrected chi connectivity index (χ4v) is 5.31. The number of methoxy groups -OCH3 is 1. The van der Waals surface area contributed by atoms with Crippen molar-refractivity contribution in [2.75, 3.05) is 71.5 Å². The van der Waals surface area contributed by atoms with Crippen LogP contribution in [0.5, 0.6) is 11.5 Å². The van der Waals surface area contributed by atoms with Gasteiger partial charge in [0.25, 0.3) is 0 Å². The number of rotatable bonds is 10. The first-order chi connectivity index (χ1) is 17.7. The smallest absolute Gasteiger partial charge is 0.328 e. The highest BCUT2D eigenvalue weighted by atomic mass is 32.2. The molecule has 204 valence electrons. The topological polar surface area (TPSA) is 137 Å². The molecule has 1 amide bonds. The van der Waals surface area contributed by atoms with Crippen LogP contribution in [0.2, 0.25) is 0 Å². The summed E-state index contributed by atoms with van der Waals surface area (Å²) in [4.78, 5) is 50.3. The molecule has 0 aromatic heterocycles. The van der Waals surface area contributed by atoms with Crippen molar-refractivity contribution in [3.8, 4) is 11.5 Å². The Hall–Kier alpha value is -2.74. The molecular weight excluding hydrogens is 522 g/mol. The predicted octanol–water partition coefficient (Wildman–Crippen LogP) is 1.19. The van der Waals surface area contributed by atoms with Gasteiger partial charge in [-0.1, -0.05) is 23.9 Å². The quantitative estimate of drug-likeness (QED) is 0.401. The van der Waals surface area contributed by atoms with Gasteiger partial charge in [-0.3, -0.25) is 14.5 Å². The molecule has 11 nitrogen and oxygen atoms in total. The maximum atomic E-state index is 12.7. The minimum atomic E-state index is -1.26. The largest absolute Gasteiger partial charge is 0.493 e. The molecule has 2 N–H and O–H groups in total. The van der Waals surface area contributed by atoms with Crippen molar-refractivity contribution in [2.24, 2.45) is 0 Å². The second kappa shape index (κ2) is 16.2. The lowest BCUT2D eigenvalue weighted by Gasteiger charge is -2.31. The van der Waals surface area contributed by atoms with E-state index in [2.05, 4.69) is 16.8 Å². The number of nitrogens with zero attached hydrogens (tertiary/aromatic N) is 3. The average molecular weight is 556 g/mol. The van der Waals surface area contributed by atoms with Crippen molar-refractivity contribution in [3.05, 3.63) is 36.4 Å². The number of carboxylic acid groups (broad SMARTS) is 2. The van der Waals surface area contributed by atoms with E-state index in [1.165, 1.54) is 0 Å². The lowest BCUT2D eigenvalue weighted by atomic mass is 10.3. The third kappa shape index (κ3) is 11.5. The predicted molar refractivity (Wildman–Crippen MR) is 142 cm³/mol. The monoisotopic (exact) mass is 555 g/mol. The number of likely N-dealkylation sites (N-methyl/N-ethyl adjacent to an activating group) is 1. The van der Waals surface area contributed by atoms with Crippen LogP contribution in [0.4, 0.5) is 0 Å². The zero-order valence-corrected chi connectivity index (χ0v) is 22.5. The minimum Gasteiger partial charge on any atom is -0.493 e. The Morgan fingerprint density at radius 3 is 2.24 bits per heavy atom. The number of carboxylic acids is 2. The lowest BCUT2D eigenvalue weighted by molar-refractivity contribution is -0.134. The summed E-state index contributed by atoms with van der Waals surface area (Å²) in [5, 5.41) is 15.6. The van der Waals surface area contributed by atoms with Crippen molar-refractivity contribution < 1.29 is 38.9 Å². The van der Waals surface area contributed by atoms with Gasteiger partial charge in [-0.05, 0) is 19.2 Å². The van der Waals surface area contributed by atoms with Crippen LogP contribution in [0.15, 0.2) is 36.4 Å². The molecule has 2 heterocycles. The fourth-order valence-electron chi connectivity index (χ4n) is 3.45. The van der Waals surface area contributed by atoms with E-state index in [-0.39, 0.29) is 22.1 Å². The lowest BCUT2D eigenvalue weighted by Crippen LogP contribution is -2.46. The van der Waals surface area contributed by atoms with E-state index in [9.17, 15) is 19.2 Å². The Morgan fingerprint density at radius 1 is 1.03 bits per heavy atom. The van der Waals surface area contributed by atoms with Crippen LogP contribution in [0.1, 0.15) is 0 Å². The third-order valence-corrected chi connectivity index (χ3v) is 7.47. The van der Waals surface area contributed by atoms with E-state index in [1.807, 2.05) is 29.2 Å². The Labute approximate surface area is 224 Å². The molecule has 1 aromatic rings. The van der Waals surface area contributed by atoms with Crippen molar-refractivity contribution >= 4 is 46.5 Å². The molecule has 0 radical (unpaired) electrons. The van der Waals surface area contributed by atoms with Crippen molar-refractivity contribution in [1.29, 1.82) is 0 Å². The van der Waals surface area contributed by atoms with Gasteiger partial charge in [-0.2, -0.15) is 0 Å². The molecule has 1 aromatic carbocycles. The number of hydrogen-bond acceptors (Lipinski definition) is 10. The van der Waals surface area contributed by atoms with Crippen LogP contribution in [0.3, 0.4) is 0 Å². The number of carbonyl (C=O) groups is 4. The minimum absolute atomic E-state index is 0.000328. The molecule has 2 aliphatic heterocycles. The van der Waals surface area contributed by atoms with E-state index in [4.69, 9.17) is 19.7 Å². The van der Waals surface area contributed by atoms with Gasteiger partial charge >= 0.3 is 11.9 Å². The molecule has 37 heavy (non-hydrogen) atoms. The first kappa shape index (κ1) is 30.5. The molecule has 2 fully saturated rings. The van der Waals surface area contributed by atoms with Crippen LogP contribution < -0.4 is 9.47 Å². The summed E-state index contributed by atoms with van der Waals surface area (Å²) < 4.78 is 11.2. The van der Waals surface area contributed by atoms with Crippen molar-refractivity contribution in [3.63, 3.8) is 0 Å². The molecule has 0 aliphatic carbocycles. The van der Waals surface area contributed by atoms with E-state index < -0.39 is 11.9 Å². The SMILES string of the molecule is COc1ccccc1OCC1SCCN1C(=O)CSC(=O)CN1CCN(C)CC1.O=C(O)/C=C\C(=O)O. The number of thioether (sulfide) groups is 2. The van der Waals surface area contributed by atoms with Crippen LogP contribution in [-0.4, -0.2) is 125 Å². The molecule has 1 unspecified atom stereocenters.